The van der Waals surface area contributed by atoms with Crippen LogP contribution in [0.15, 0.2) is 15.9 Å². The van der Waals surface area contributed by atoms with Gasteiger partial charge in [-0.25, -0.2) is 9.78 Å². The highest BCUT2D eigenvalue weighted by Gasteiger charge is 2.19. The molecular weight excluding hydrogens is 346 g/mol. The molecule has 0 fully saturated rings. The fraction of sp³-hybridized carbons (Fsp3) is 0.684. The van der Waals surface area contributed by atoms with Crippen LogP contribution in [0.5, 0.6) is 0 Å². The predicted octanol–water partition coefficient (Wildman–Crippen LogP) is 1.35. The van der Waals surface area contributed by atoms with Gasteiger partial charge in [0.05, 0.1) is 6.33 Å². The SMILES string of the molecule is CC(C)CCN(CCC(C)C)C(=O)Cn1cnc2c1c(=O)n(C)c(=O)n2C. The van der Waals surface area contributed by atoms with Crippen molar-refractivity contribution >= 4 is 17.1 Å². The van der Waals surface area contributed by atoms with Crippen LogP contribution >= 0.6 is 0 Å². The van der Waals surface area contributed by atoms with Crippen molar-refractivity contribution in [2.24, 2.45) is 25.9 Å². The van der Waals surface area contributed by atoms with Gasteiger partial charge in [-0.3, -0.25) is 18.7 Å². The fourth-order valence-corrected chi connectivity index (χ4v) is 2.95. The number of nitrogens with zero attached hydrogens (tertiary/aromatic N) is 5. The van der Waals surface area contributed by atoms with Gasteiger partial charge in [0.1, 0.15) is 6.54 Å². The monoisotopic (exact) mass is 377 g/mol. The molecule has 2 aromatic heterocycles. The lowest BCUT2D eigenvalue weighted by molar-refractivity contribution is -0.132. The molecule has 0 atom stereocenters. The number of rotatable bonds is 8. The molecule has 1 amide bonds. The van der Waals surface area contributed by atoms with Crippen LogP contribution in [0.3, 0.4) is 0 Å². The summed E-state index contributed by atoms with van der Waals surface area (Å²) in [5, 5.41) is 0. The van der Waals surface area contributed by atoms with Gasteiger partial charge in [0.25, 0.3) is 5.56 Å². The second-order valence-electron chi connectivity index (χ2n) is 8.00. The van der Waals surface area contributed by atoms with Gasteiger partial charge in [-0.1, -0.05) is 27.7 Å². The summed E-state index contributed by atoms with van der Waals surface area (Å²) >= 11 is 0. The molecule has 0 aliphatic carbocycles. The Hall–Kier alpha value is -2.38. The van der Waals surface area contributed by atoms with Crippen molar-refractivity contribution in [3.8, 4) is 0 Å². The van der Waals surface area contributed by atoms with Gasteiger partial charge in [-0.15, -0.1) is 0 Å². The Morgan fingerprint density at radius 1 is 1.04 bits per heavy atom. The maximum Gasteiger partial charge on any atom is 0.332 e. The molecule has 0 aliphatic heterocycles. The van der Waals surface area contributed by atoms with E-state index in [1.165, 1.54) is 17.9 Å². The molecule has 0 spiro atoms. The zero-order valence-corrected chi connectivity index (χ0v) is 17.2. The summed E-state index contributed by atoms with van der Waals surface area (Å²) in [4.78, 5) is 43.6. The first-order valence-electron chi connectivity index (χ1n) is 9.52. The number of aromatic nitrogens is 4. The largest absolute Gasteiger partial charge is 0.341 e. The summed E-state index contributed by atoms with van der Waals surface area (Å²) in [6, 6.07) is 0. The van der Waals surface area contributed by atoms with Crippen molar-refractivity contribution in [2.45, 2.75) is 47.1 Å². The lowest BCUT2D eigenvalue weighted by Crippen LogP contribution is -2.39. The van der Waals surface area contributed by atoms with Crippen LogP contribution in [0, 0.1) is 11.8 Å². The molecule has 0 radical (unpaired) electrons. The van der Waals surface area contributed by atoms with Gasteiger partial charge < -0.3 is 9.47 Å². The number of imidazole rings is 1. The molecule has 0 unspecified atom stereocenters. The van der Waals surface area contributed by atoms with Crippen LogP contribution < -0.4 is 11.2 Å². The zero-order valence-electron chi connectivity index (χ0n) is 17.2. The Balaban J connectivity index is 2.31. The number of carbonyl (C=O) groups excluding carboxylic acids is 1. The van der Waals surface area contributed by atoms with Gasteiger partial charge in [0.15, 0.2) is 11.2 Å². The maximum absolute atomic E-state index is 12.9. The molecule has 8 heteroatoms. The Labute approximate surface area is 159 Å². The van der Waals surface area contributed by atoms with Crippen molar-refractivity contribution in [1.82, 2.24) is 23.6 Å². The van der Waals surface area contributed by atoms with Crippen LogP contribution in [0.25, 0.3) is 11.2 Å². The first kappa shape index (κ1) is 20.9. The first-order chi connectivity index (χ1) is 12.6. The molecule has 27 heavy (non-hydrogen) atoms. The molecule has 0 aliphatic rings. The van der Waals surface area contributed by atoms with E-state index in [9.17, 15) is 14.4 Å². The van der Waals surface area contributed by atoms with Crippen LogP contribution in [-0.2, 0) is 25.4 Å². The number of carbonyl (C=O) groups is 1. The van der Waals surface area contributed by atoms with E-state index in [1.807, 2.05) is 4.90 Å². The molecule has 2 aromatic rings. The van der Waals surface area contributed by atoms with Gasteiger partial charge in [0.2, 0.25) is 5.91 Å². The summed E-state index contributed by atoms with van der Waals surface area (Å²) in [5.74, 6) is 0.983. The summed E-state index contributed by atoms with van der Waals surface area (Å²) < 4.78 is 3.92. The van der Waals surface area contributed by atoms with Gasteiger partial charge >= 0.3 is 5.69 Å². The zero-order chi connectivity index (χ0) is 20.3. The second-order valence-corrected chi connectivity index (χ2v) is 8.00. The van der Waals surface area contributed by atoms with E-state index >= 15 is 0 Å². The van der Waals surface area contributed by atoms with Crippen molar-refractivity contribution in [2.75, 3.05) is 13.1 Å². The van der Waals surface area contributed by atoms with E-state index in [0.29, 0.717) is 30.6 Å². The molecule has 0 saturated carbocycles. The summed E-state index contributed by atoms with van der Waals surface area (Å²) in [5.41, 5.74) is -0.290. The van der Waals surface area contributed by atoms with Crippen LogP contribution in [0.4, 0.5) is 0 Å². The third kappa shape index (κ3) is 4.67. The number of hydrogen-bond acceptors (Lipinski definition) is 4. The molecular formula is C19H31N5O3. The molecule has 150 valence electrons. The quantitative estimate of drug-likeness (QED) is 0.695. The summed E-state index contributed by atoms with van der Waals surface area (Å²) in [6.45, 7) is 9.99. The minimum absolute atomic E-state index is 0.0356. The normalized spacial score (nSPS) is 11.7. The molecule has 2 rings (SSSR count). The fourth-order valence-electron chi connectivity index (χ4n) is 2.95. The highest BCUT2D eigenvalue weighted by atomic mass is 16.2. The average Bonchev–Trinajstić information content (AvgIpc) is 3.01. The van der Waals surface area contributed by atoms with Crippen molar-refractivity contribution in [3.63, 3.8) is 0 Å². The third-order valence-electron chi connectivity index (χ3n) is 4.83. The number of amides is 1. The third-order valence-corrected chi connectivity index (χ3v) is 4.83. The average molecular weight is 377 g/mol. The van der Waals surface area contributed by atoms with Crippen LogP contribution in [0.2, 0.25) is 0 Å². The molecule has 0 aromatic carbocycles. The van der Waals surface area contributed by atoms with Crippen LogP contribution in [0.1, 0.15) is 40.5 Å². The van der Waals surface area contributed by atoms with Gasteiger partial charge in [-0.05, 0) is 24.7 Å². The minimum Gasteiger partial charge on any atom is -0.341 e. The summed E-state index contributed by atoms with van der Waals surface area (Å²) in [7, 11) is 3.00. The van der Waals surface area contributed by atoms with E-state index in [-0.39, 0.29) is 18.0 Å². The smallest absolute Gasteiger partial charge is 0.332 e. The molecule has 0 saturated heterocycles. The van der Waals surface area contributed by atoms with Crippen molar-refractivity contribution in [3.05, 3.63) is 27.2 Å². The topological polar surface area (TPSA) is 82.1 Å². The maximum atomic E-state index is 12.9. The standard InChI is InChI=1S/C19H31N5O3/c1-13(2)7-9-23(10-8-14(3)4)15(25)11-24-12-20-17-16(24)18(26)22(6)19(27)21(17)5/h12-14H,7-11H2,1-6H3. The van der Waals surface area contributed by atoms with Gasteiger partial charge in [0, 0.05) is 27.2 Å². The lowest BCUT2D eigenvalue weighted by atomic mass is 10.1. The van der Waals surface area contributed by atoms with E-state index in [4.69, 9.17) is 0 Å². The van der Waals surface area contributed by atoms with E-state index in [0.717, 1.165) is 17.4 Å². The number of fused-ring (bicyclic) bond motifs is 1. The summed E-state index contributed by atoms with van der Waals surface area (Å²) in [6.07, 6.45) is 3.34. The van der Waals surface area contributed by atoms with Crippen molar-refractivity contribution < 1.29 is 4.79 Å². The molecule has 0 bridgehead atoms. The number of hydrogen-bond donors (Lipinski definition) is 0. The first-order valence-corrected chi connectivity index (χ1v) is 9.52. The Morgan fingerprint density at radius 3 is 2.11 bits per heavy atom. The molecule has 0 N–H and O–H groups in total. The highest BCUT2D eigenvalue weighted by Crippen LogP contribution is 2.10. The minimum atomic E-state index is -0.436. The van der Waals surface area contributed by atoms with E-state index in [2.05, 4.69) is 32.7 Å². The predicted molar refractivity (Wildman–Crippen MR) is 106 cm³/mol. The second kappa shape index (κ2) is 8.54. The number of aryl methyl sites for hydroxylation is 1. The Kier molecular flexibility index (Phi) is 6.62. The molecule has 8 nitrogen and oxygen atoms in total. The lowest BCUT2D eigenvalue weighted by Gasteiger charge is -2.25. The van der Waals surface area contributed by atoms with E-state index in [1.54, 1.807) is 11.6 Å². The molecule has 2 heterocycles. The highest BCUT2D eigenvalue weighted by molar-refractivity contribution is 5.79. The van der Waals surface area contributed by atoms with E-state index < -0.39 is 11.2 Å². The Morgan fingerprint density at radius 2 is 1.59 bits per heavy atom. The Bertz CT molecular complexity index is 908. The van der Waals surface area contributed by atoms with Crippen molar-refractivity contribution in [1.29, 1.82) is 0 Å². The van der Waals surface area contributed by atoms with Crippen LogP contribution in [-0.4, -0.2) is 42.6 Å². The van der Waals surface area contributed by atoms with Gasteiger partial charge in [-0.2, -0.15) is 0 Å².